The third-order valence-electron chi connectivity index (χ3n) is 5.59. The van der Waals surface area contributed by atoms with E-state index in [1.165, 1.54) is 6.20 Å². The predicted molar refractivity (Wildman–Crippen MR) is 132 cm³/mol. The van der Waals surface area contributed by atoms with E-state index in [9.17, 15) is 43.3 Å². The number of phosphoric acid groups is 3. The number of aromatic nitrogens is 3. The maximum absolute atomic E-state index is 13.2. The molecule has 21 heteroatoms. The number of phosphoric ester groups is 1. The number of fused-ring (bicyclic) bond motifs is 1. The number of pyridine rings is 1. The van der Waals surface area contributed by atoms with E-state index >= 15 is 0 Å². The number of aliphatic hydroxyl groups is 2. The van der Waals surface area contributed by atoms with Crippen molar-refractivity contribution in [3.63, 3.8) is 0 Å². The number of aliphatic hydroxyl groups excluding tert-OH is 2. The smallest absolute Gasteiger partial charge is 0.387 e. The molecule has 1 saturated heterocycles. The number of ether oxygens (including phenoxy) is 1. The van der Waals surface area contributed by atoms with Gasteiger partial charge in [0.1, 0.15) is 18.3 Å². The minimum atomic E-state index is -5.78. The zero-order chi connectivity index (χ0) is 29.5. The largest absolute Gasteiger partial charge is 0.490 e. The van der Waals surface area contributed by atoms with Crippen LogP contribution in [0.5, 0.6) is 0 Å². The fourth-order valence-electron chi connectivity index (χ4n) is 3.90. The molecule has 18 nitrogen and oxygen atoms in total. The molecule has 1 aliphatic rings. The Morgan fingerprint density at radius 3 is 2.33 bits per heavy atom. The van der Waals surface area contributed by atoms with Gasteiger partial charge in [-0.1, -0.05) is 24.3 Å². The van der Waals surface area contributed by atoms with Crippen molar-refractivity contribution in [2.45, 2.75) is 31.1 Å². The molecule has 0 bridgehead atoms. The van der Waals surface area contributed by atoms with Crippen molar-refractivity contribution in [3.8, 4) is 0 Å². The summed E-state index contributed by atoms with van der Waals surface area (Å²) in [6.07, 6.45) is -4.41. The molecule has 0 radical (unpaired) electrons. The standard InChI is InChI=1S/C19H22N3O15P3/c23-15-6-8-21(19(26)22(15)9-13-12-4-2-1-3-11(12)5-7-20-13)18-17(25)16(24)14(35-18)10-34-39(30,31)37-40(32,33)36-38(27,28)29/h1-8,14,16-18,24-25H,9-10H2,(H,30,31)(H,32,33)(H2,27,28,29)/t14-,16+,17?,18-/m1/s1. The highest BCUT2D eigenvalue weighted by molar-refractivity contribution is 7.66. The zero-order valence-electron chi connectivity index (χ0n) is 19.9. The van der Waals surface area contributed by atoms with Crippen LogP contribution in [0.3, 0.4) is 0 Å². The summed E-state index contributed by atoms with van der Waals surface area (Å²) in [6.45, 7) is -1.33. The van der Waals surface area contributed by atoms with E-state index in [0.29, 0.717) is 11.1 Å². The summed E-state index contributed by atoms with van der Waals surface area (Å²) >= 11 is 0. The van der Waals surface area contributed by atoms with Crippen molar-refractivity contribution >= 4 is 34.2 Å². The Balaban J connectivity index is 1.52. The quantitative estimate of drug-likeness (QED) is 0.156. The van der Waals surface area contributed by atoms with Crippen molar-refractivity contribution < 1.29 is 61.4 Å². The van der Waals surface area contributed by atoms with Crippen LogP contribution >= 0.6 is 23.5 Å². The first kappa shape index (κ1) is 30.6. The maximum atomic E-state index is 13.2. The van der Waals surface area contributed by atoms with Gasteiger partial charge >= 0.3 is 29.2 Å². The molecule has 0 saturated carbocycles. The van der Waals surface area contributed by atoms with Crippen molar-refractivity contribution in [3.05, 3.63) is 75.3 Å². The fourth-order valence-corrected chi connectivity index (χ4v) is 6.93. The first-order valence-electron chi connectivity index (χ1n) is 11.0. The van der Waals surface area contributed by atoms with E-state index in [1.54, 1.807) is 24.3 Å². The Labute approximate surface area is 223 Å². The van der Waals surface area contributed by atoms with Crippen LogP contribution in [0.25, 0.3) is 10.8 Å². The van der Waals surface area contributed by atoms with Crippen LogP contribution in [0.15, 0.2) is 58.4 Å². The van der Waals surface area contributed by atoms with Gasteiger partial charge in [0.25, 0.3) is 5.56 Å². The summed E-state index contributed by atoms with van der Waals surface area (Å²) < 4.78 is 52.8. The van der Waals surface area contributed by atoms with E-state index in [1.807, 2.05) is 6.07 Å². The Morgan fingerprint density at radius 2 is 1.62 bits per heavy atom. The summed E-state index contributed by atoms with van der Waals surface area (Å²) in [6, 6.07) is 9.89. The first-order valence-corrected chi connectivity index (χ1v) is 15.5. The number of rotatable bonds is 10. The zero-order valence-corrected chi connectivity index (χ0v) is 22.6. The lowest BCUT2D eigenvalue weighted by atomic mass is 10.1. The average molecular weight is 625 g/mol. The van der Waals surface area contributed by atoms with E-state index < -0.39 is 65.9 Å². The molecule has 1 aromatic carbocycles. The third-order valence-corrected chi connectivity index (χ3v) is 9.39. The normalized spacial score (nSPS) is 24.6. The summed E-state index contributed by atoms with van der Waals surface area (Å²) in [7, 11) is -16.9. The van der Waals surface area contributed by atoms with E-state index in [0.717, 1.165) is 26.8 Å². The molecule has 0 spiro atoms. The highest BCUT2D eigenvalue weighted by Crippen LogP contribution is 2.66. The van der Waals surface area contributed by atoms with E-state index in [4.69, 9.17) is 14.5 Å². The number of hydrogen-bond acceptors (Lipinski definition) is 12. The monoisotopic (exact) mass is 625 g/mol. The SMILES string of the molecule is O=c1ccn([C@@H]2O[C@H](COP(=O)(O)OP(=O)(O)OP(=O)(O)O)[C@H](O)C2O)c(=O)n1Cc1nccc2ccccc12. The highest BCUT2D eigenvalue weighted by Gasteiger charge is 2.47. The van der Waals surface area contributed by atoms with Crippen LogP contribution in [0.2, 0.25) is 0 Å². The van der Waals surface area contributed by atoms with Gasteiger partial charge in [-0.3, -0.25) is 23.4 Å². The van der Waals surface area contributed by atoms with Gasteiger partial charge in [-0.15, -0.1) is 0 Å². The second-order valence-electron chi connectivity index (χ2n) is 8.34. The predicted octanol–water partition coefficient (Wildman–Crippen LogP) is -0.431. The van der Waals surface area contributed by atoms with Crippen molar-refractivity contribution in [2.24, 2.45) is 0 Å². The van der Waals surface area contributed by atoms with Crippen LogP contribution in [-0.4, -0.2) is 68.8 Å². The van der Waals surface area contributed by atoms with Gasteiger partial charge in [-0.25, -0.2) is 18.5 Å². The molecule has 3 aromatic rings. The molecule has 2 aromatic heterocycles. The molecule has 0 aliphatic carbocycles. The second-order valence-corrected chi connectivity index (χ2v) is 12.8. The molecule has 0 amide bonds. The van der Waals surface area contributed by atoms with Crippen LogP contribution in [0, 0.1) is 0 Å². The Kier molecular flexibility index (Phi) is 8.76. The summed E-state index contributed by atoms with van der Waals surface area (Å²) in [5.41, 5.74) is -1.25. The lowest BCUT2D eigenvalue weighted by molar-refractivity contribution is -0.0547. The van der Waals surface area contributed by atoms with Crippen LogP contribution in [0.1, 0.15) is 11.9 Å². The lowest BCUT2D eigenvalue weighted by Gasteiger charge is -2.19. The molecule has 218 valence electrons. The summed E-state index contributed by atoms with van der Waals surface area (Å²) in [4.78, 5) is 66.0. The van der Waals surface area contributed by atoms with Crippen molar-refractivity contribution in [1.82, 2.24) is 14.1 Å². The molecule has 1 aliphatic heterocycles. The number of benzene rings is 1. The lowest BCUT2D eigenvalue weighted by Crippen LogP contribution is -2.43. The molecular weight excluding hydrogens is 603 g/mol. The minimum Gasteiger partial charge on any atom is -0.387 e. The van der Waals surface area contributed by atoms with Gasteiger partial charge in [0, 0.05) is 23.8 Å². The van der Waals surface area contributed by atoms with Gasteiger partial charge in [0.05, 0.1) is 18.8 Å². The van der Waals surface area contributed by atoms with Gasteiger partial charge in [-0.2, -0.15) is 8.62 Å². The molecule has 4 rings (SSSR count). The summed E-state index contributed by atoms with van der Waals surface area (Å²) in [5, 5.41) is 22.3. The molecule has 40 heavy (non-hydrogen) atoms. The van der Waals surface area contributed by atoms with Gasteiger partial charge < -0.3 is 34.5 Å². The van der Waals surface area contributed by atoms with E-state index in [2.05, 4.69) is 18.1 Å². The van der Waals surface area contributed by atoms with Crippen molar-refractivity contribution in [2.75, 3.05) is 6.61 Å². The highest BCUT2D eigenvalue weighted by atomic mass is 31.3. The molecule has 6 atom stereocenters. The second kappa shape index (κ2) is 11.5. The van der Waals surface area contributed by atoms with Crippen LogP contribution in [-0.2, 0) is 38.1 Å². The number of hydrogen-bond donors (Lipinski definition) is 6. The van der Waals surface area contributed by atoms with Gasteiger partial charge in [-0.05, 0) is 11.5 Å². The van der Waals surface area contributed by atoms with E-state index in [-0.39, 0.29) is 6.54 Å². The Morgan fingerprint density at radius 1 is 0.925 bits per heavy atom. The minimum absolute atomic E-state index is 0.249. The van der Waals surface area contributed by atoms with Gasteiger partial charge in [0.15, 0.2) is 6.23 Å². The maximum Gasteiger partial charge on any atom is 0.490 e. The number of nitrogens with zero attached hydrogens (tertiary/aromatic N) is 3. The van der Waals surface area contributed by atoms with Crippen molar-refractivity contribution in [1.29, 1.82) is 0 Å². The topological polar surface area (TPSA) is 266 Å². The summed E-state index contributed by atoms with van der Waals surface area (Å²) in [5.74, 6) is 0. The van der Waals surface area contributed by atoms with Crippen LogP contribution < -0.4 is 11.2 Å². The molecular formula is C19H22N3O15P3. The molecule has 6 N–H and O–H groups in total. The average Bonchev–Trinajstić information content (AvgIpc) is 3.12. The van der Waals surface area contributed by atoms with Crippen LogP contribution in [0.4, 0.5) is 0 Å². The first-order chi connectivity index (χ1) is 18.6. The molecule has 1 fully saturated rings. The molecule has 3 heterocycles. The fraction of sp³-hybridized carbons (Fsp3) is 0.316. The van der Waals surface area contributed by atoms with Gasteiger partial charge in [0.2, 0.25) is 0 Å². The Bertz CT molecular complexity index is 1660. The Hall–Kier alpha value is -2.40. The third kappa shape index (κ3) is 7.08. The molecule has 3 unspecified atom stereocenters.